The van der Waals surface area contributed by atoms with Crippen molar-refractivity contribution in [1.82, 2.24) is 0 Å². The molecule has 0 fully saturated rings. The largest absolute Gasteiger partial charge is 0.507 e. The molecule has 1 aromatic carbocycles. The van der Waals surface area contributed by atoms with Crippen molar-refractivity contribution in [2.75, 3.05) is 0 Å². The Bertz CT molecular complexity index is 330. The van der Waals surface area contributed by atoms with E-state index in [1.807, 2.05) is 0 Å². The number of benzene rings is 1. The first-order valence-corrected chi connectivity index (χ1v) is 3.15. The van der Waals surface area contributed by atoms with Crippen molar-refractivity contribution in [3.8, 4) is 11.8 Å². The van der Waals surface area contributed by atoms with E-state index >= 15 is 0 Å². The Morgan fingerprint density at radius 2 is 1.92 bits per heavy atom. The summed E-state index contributed by atoms with van der Waals surface area (Å²) in [5.41, 5.74) is -0.660. The number of phenolic OH excluding ortho intramolecular Hbond substituents is 1. The smallest absolute Gasteiger partial charge is 0.360 e. The number of para-hydroxylation sites is 1. The number of phenols is 1. The van der Waals surface area contributed by atoms with Crippen LogP contribution < -0.4 is 0 Å². The second-order valence-corrected chi connectivity index (χ2v) is 2.20. The van der Waals surface area contributed by atoms with E-state index in [1.165, 1.54) is 12.1 Å². The van der Waals surface area contributed by atoms with Gasteiger partial charge in [-0.2, -0.15) is 14.0 Å². The van der Waals surface area contributed by atoms with Gasteiger partial charge in [0.05, 0.1) is 5.56 Å². The lowest BCUT2D eigenvalue weighted by Gasteiger charge is -2.08. The molecule has 0 saturated carbocycles. The zero-order valence-electron chi connectivity index (χ0n) is 5.96. The van der Waals surface area contributed by atoms with E-state index in [0.29, 0.717) is 0 Å². The predicted octanol–water partition coefficient (Wildman–Crippen LogP) is 2.01. The van der Waals surface area contributed by atoms with E-state index in [1.54, 1.807) is 0 Å². The van der Waals surface area contributed by atoms with E-state index in [2.05, 4.69) is 0 Å². The van der Waals surface area contributed by atoms with Gasteiger partial charge < -0.3 is 5.11 Å². The lowest BCUT2D eigenvalue weighted by Crippen LogP contribution is -2.09. The van der Waals surface area contributed by atoms with E-state index < -0.39 is 17.2 Å². The van der Waals surface area contributed by atoms with Gasteiger partial charge in [0.1, 0.15) is 11.8 Å². The first-order chi connectivity index (χ1) is 5.58. The maximum atomic E-state index is 12.6. The molecule has 0 aliphatic rings. The van der Waals surface area contributed by atoms with Gasteiger partial charge >= 0.3 is 5.92 Å². The SMILES string of the molecule is N#CC(F)(F)c1ccccc1O. The molecule has 0 aromatic heterocycles. The third-order valence-corrected chi connectivity index (χ3v) is 1.38. The van der Waals surface area contributed by atoms with Crippen LogP contribution in [0.15, 0.2) is 24.3 Å². The second-order valence-electron chi connectivity index (χ2n) is 2.20. The molecule has 1 rings (SSSR count). The molecule has 4 heteroatoms. The Kier molecular flexibility index (Phi) is 1.96. The summed E-state index contributed by atoms with van der Waals surface area (Å²) in [7, 11) is 0. The molecule has 0 aliphatic carbocycles. The number of aromatic hydroxyl groups is 1. The van der Waals surface area contributed by atoms with Crippen LogP contribution >= 0.6 is 0 Å². The lowest BCUT2D eigenvalue weighted by molar-refractivity contribution is 0.0585. The molecule has 12 heavy (non-hydrogen) atoms. The quantitative estimate of drug-likeness (QED) is 0.698. The summed E-state index contributed by atoms with van der Waals surface area (Å²) in [6, 6.07) is 5.67. The van der Waals surface area contributed by atoms with Crippen LogP contribution in [0.25, 0.3) is 0 Å². The van der Waals surface area contributed by atoms with Gasteiger partial charge in [-0.05, 0) is 12.1 Å². The summed E-state index contributed by atoms with van der Waals surface area (Å²) < 4.78 is 25.2. The Morgan fingerprint density at radius 3 is 2.42 bits per heavy atom. The van der Waals surface area contributed by atoms with Crippen molar-refractivity contribution in [2.24, 2.45) is 0 Å². The summed E-state index contributed by atoms with van der Waals surface area (Å²) in [6.07, 6.45) is 0. The molecule has 0 bridgehead atoms. The van der Waals surface area contributed by atoms with Crippen LogP contribution in [0, 0.1) is 11.3 Å². The highest BCUT2D eigenvalue weighted by molar-refractivity contribution is 5.38. The second kappa shape index (κ2) is 2.78. The van der Waals surface area contributed by atoms with Gasteiger partial charge in [-0.25, -0.2) is 0 Å². The minimum atomic E-state index is -3.62. The fraction of sp³-hybridized carbons (Fsp3) is 0.125. The molecule has 0 saturated heterocycles. The Balaban J connectivity index is 3.22. The normalized spacial score (nSPS) is 10.8. The molecule has 0 amide bonds. The van der Waals surface area contributed by atoms with E-state index in [-0.39, 0.29) is 0 Å². The highest BCUT2D eigenvalue weighted by Gasteiger charge is 2.33. The molecule has 2 nitrogen and oxygen atoms in total. The number of alkyl halides is 2. The molecule has 0 radical (unpaired) electrons. The number of hydrogen-bond acceptors (Lipinski definition) is 2. The standard InChI is InChI=1S/C8H5F2NO/c9-8(10,5-11)6-3-1-2-4-7(6)12/h1-4,12H. The number of nitriles is 1. The number of nitrogens with zero attached hydrogens (tertiary/aromatic N) is 1. The van der Waals surface area contributed by atoms with Crippen LogP contribution in [0.2, 0.25) is 0 Å². The summed E-state index contributed by atoms with van der Waals surface area (Å²) in [6.45, 7) is 0. The van der Waals surface area contributed by atoms with Crippen LogP contribution in [-0.4, -0.2) is 5.11 Å². The van der Waals surface area contributed by atoms with E-state index in [9.17, 15) is 8.78 Å². The molecular formula is C8H5F2NO. The Morgan fingerprint density at radius 1 is 1.33 bits per heavy atom. The topological polar surface area (TPSA) is 44.0 Å². The molecule has 0 heterocycles. The number of rotatable bonds is 1. The summed E-state index contributed by atoms with van der Waals surface area (Å²) in [5.74, 6) is -4.19. The molecule has 0 atom stereocenters. The van der Waals surface area contributed by atoms with Crippen LogP contribution in [0.4, 0.5) is 8.78 Å². The molecular weight excluding hydrogens is 164 g/mol. The van der Waals surface area contributed by atoms with Crippen molar-refractivity contribution in [1.29, 1.82) is 5.26 Å². The van der Waals surface area contributed by atoms with Crippen molar-refractivity contribution in [3.05, 3.63) is 29.8 Å². The van der Waals surface area contributed by atoms with Gasteiger partial charge in [0.25, 0.3) is 0 Å². The van der Waals surface area contributed by atoms with Crippen LogP contribution in [0.1, 0.15) is 5.56 Å². The van der Waals surface area contributed by atoms with Crippen molar-refractivity contribution in [2.45, 2.75) is 5.92 Å². The van der Waals surface area contributed by atoms with Gasteiger partial charge in [-0.15, -0.1) is 0 Å². The van der Waals surface area contributed by atoms with Gasteiger partial charge in [-0.3, -0.25) is 0 Å². The minimum absolute atomic E-state index is 0.566. The average Bonchev–Trinajstić information content (AvgIpc) is 2.05. The molecule has 0 unspecified atom stereocenters. The van der Waals surface area contributed by atoms with Crippen molar-refractivity contribution in [3.63, 3.8) is 0 Å². The molecule has 1 aromatic rings. The number of hydrogen-bond donors (Lipinski definition) is 1. The summed E-state index contributed by atoms with van der Waals surface area (Å²) >= 11 is 0. The van der Waals surface area contributed by atoms with Gasteiger partial charge in [0.2, 0.25) is 0 Å². The van der Waals surface area contributed by atoms with E-state index in [4.69, 9.17) is 10.4 Å². The predicted molar refractivity (Wildman–Crippen MR) is 37.6 cm³/mol. The highest BCUT2D eigenvalue weighted by Crippen LogP contribution is 2.32. The monoisotopic (exact) mass is 169 g/mol. The van der Waals surface area contributed by atoms with Crippen LogP contribution in [0.5, 0.6) is 5.75 Å². The van der Waals surface area contributed by atoms with Crippen molar-refractivity contribution < 1.29 is 13.9 Å². The average molecular weight is 169 g/mol. The van der Waals surface area contributed by atoms with E-state index in [0.717, 1.165) is 18.2 Å². The Hall–Kier alpha value is -1.63. The first-order valence-electron chi connectivity index (χ1n) is 3.15. The molecule has 0 aliphatic heterocycles. The van der Waals surface area contributed by atoms with Crippen LogP contribution in [-0.2, 0) is 5.92 Å². The third-order valence-electron chi connectivity index (χ3n) is 1.38. The third kappa shape index (κ3) is 1.35. The fourth-order valence-electron chi connectivity index (χ4n) is 0.799. The molecule has 0 spiro atoms. The zero-order valence-corrected chi connectivity index (χ0v) is 5.96. The first kappa shape index (κ1) is 8.47. The molecule has 62 valence electrons. The Labute approximate surface area is 67.7 Å². The van der Waals surface area contributed by atoms with Crippen LogP contribution in [0.3, 0.4) is 0 Å². The van der Waals surface area contributed by atoms with Gasteiger partial charge in [0, 0.05) is 0 Å². The highest BCUT2D eigenvalue weighted by atomic mass is 19.3. The lowest BCUT2D eigenvalue weighted by atomic mass is 10.1. The van der Waals surface area contributed by atoms with Crippen molar-refractivity contribution >= 4 is 0 Å². The van der Waals surface area contributed by atoms with Gasteiger partial charge in [0.15, 0.2) is 0 Å². The fourth-order valence-corrected chi connectivity index (χ4v) is 0.799. The minimum Gasteiger partial charge on any atom is -0.507 e. The maximum Gasteiger partial charge on any atom is 0.360 e. The zero-order chi connectivity index (χ0) is 9.19. The summed E-state index contributed by atoms with van der Waals surface area (Å²) in [4.78, 5) is 0. The summed E-state index contributed by atoms with van der Waals surface area (Å²) in [5, 5.41) is 17.0. The number of halogens is 2. The maximum absolute atomic E-state index is 12.6. The van der Waals surface area contributed by atoms with Gasteiger partial charge in [-0.1, -0.05) is 12.1 Å². The molecule has 1 N–H and O–H groups in total.